The molecule has 1 rings (SSSR count). The lowest BCUT2D eigenvalue weighted by Gasteiger charge is -2.06. The van der Waals surface area contributed by atoms with Gasteiger partial charge in [0, 0.05) is 10.5 Å². The number of nitrogens with one attached hydrogen (secondary N) is 1. The third kappa shape index (κ3) is 2.49. The highest BCUT2D eigenvalue weighted by Crippen LogP contribution is 2.18. The van der Waals surface area contributed by atoms with Crippen LogP contribution in [-0.4, -0.2) is 19.3 Å². The monoisotopic (exact) mass is 211 g/mol. The molecule has 0 unspecified atom stereocenters. The van der Waals surface area contributed by atoms with Gasteiger partial charge in [-0.1, -0.05) is 6.07 Å². The van der Waals surface area contributed by atoms with Crippen LogP contribution in [0.2, 0.25) is 0 Å². The zero-order chi connectivity index (χ0) is 10.6. The molecule has 1 amide bonds. The van der Waals surface area contributed by atoms with E-state index in [1.807, 2.05) is 31.4 Å². The fourth-order valence-corrected chi connectivity index (χ4v) is 1.56. The number of carbonyl (C=O) groups excluding carboxylic acids is 1. The van der Waals surface area contributed by atoms with E-state index in [1.165, 1.54) is 7.11 Å². The second kappa shape index (κ2) is 5.02. The summed E-state index contributed by atoms with van der Waals surface area (Å²) in [6.07, 6.45) is 1.97. The molecule has 0 fully saturated rings. The lowest BCUT2D eigenvalue weighted by atomic mass is 10.1. The van der Waals surface area contributed by atoms with Gasteiger partial charge in [0.2, 0.25) is 0 Å². The molecule has 0 aromatic heterocycles. The Labute approximate surface area is 87.8 Å². The first-order valence-corrected chi connectivity index (χ1v) is 5.39. The van der Waals surface area contributed by atoms with Crippen LogP contribution in [0.15, 0.2) is 23.1 Å². The van der Waals surface area contributed by atoms with E-state index in [2.05, 4.69) is 10.3 Å². The van der Waals surface area contributed by atoms with Crippen LogP contribution in [0.1, 0.15) is 15.9 Å². The maximum absolute atomic E-state index is 11.5. The Morgan fingerprint density at radius 3 is 2.79 bits per heavy atom. The predicted molar refractivity (Wildman–Crippen MR) is 57.4 cm³/mol. The van der Waals surface area contributed by atoms with Crippen molar-refractivity contribution < 1.29 is 9.63 Å². The Morgan fingerprint density at radius 1 is 1.50 bits per heavy atom. The highest BCUT2D eigenvalue weighted by atomic mass is 32.2. The van der Waals surface area contributed by atoms with Crippen LogP contribution in [-0.2, 0) is 4.84 Å². The Kier molecular flexibility index (Phi) is 3.98. The van der Waals surface area contributed by atoms with E-state index in [0.717, 1.165) is 10.5 Å². The summed E-state index contributed by atoms with van der Waals surface area (Å²) in [6.45, 7) is 1.90. The van der Waals surface area contributed by atoms with Gasteiger partial charge in [0.15, 0.2) is 0 Å². The summed E-state index contributed by atoms with van der Waals surface area (Å²) in [5.41, 5.74) is 3.90. The Bertz CT molecular complexity index is 339. The first-order chi connectivity index (χ1) is 6.69. The van der Waals surface area contributed by atoms with E-state index in [9.17, 15) is 4.79 Å². The first kappa shape index (κ1) is 11.1. The molecule has 4 heteroatoms. The number of hydroxylamine groups is 1. The molecule has 1 aromatic carbocycles. The van der Waals surface area contributed by atoms with Crippen molar-refractivity contribution in [2.75, 3.05) is 13.4 Å². The highest BCUT2D eigenvalue weighted by Gasteiger charge is 2.08. The quantitative estimate of drug-likeness (QED) is 0.614. The number of carbonyl (C=O) groups is 1. The molecule has 0 atom stereocenters. The minimum atomic E-state index is -0.207. The summed E-state index contributed by atoms with van der Waals surface area (Å²) >= 11 is 1.61. The Morgan fingerprint density at radius 2 is 2.21 bits per heavy atom. The van der Waals surface area contributed by atoms with Crippen molar-refractivity contribution in [1.29, 1.82) is 0 Å². The molecule has 0 saturated carbocycles. The van der Waals surface area contributed by atoms with Crippen LogP contribution in [0, 0.1) is 6.92 Å². The van der Waals surface area contributed by atoms with Crippen LogP contribution >= 0.6 is 11.8 Å². The van der Waals surface area contributed by atoms with E-state index < -0.39 is 0 Å². The zero-order valence-corrected chi connectivity index (χ0v) is 9.27. The van der Waals surface area contributed by atoms with Gasteiger partial charge in [-0.25, -0.2) is 5.48 Å². The molecule has 76 valence electrons. The van der Waals surface area contributed by atoms with Gasteiger partial charge in [0.1, 0.15) is 0 Å². The van der Waals surface area contributed by atoms with Crippen molar-refractivity contribution in [2.24, 2.45) is 0 Å². The molecule has 0 aliphatic heterocycles. The summed E-state index contributed by atoms with van der Waals surface area (Å²) in [4.78, 5) is 17.1. The van der Waals surface area contributed by atoms with Crippen molar-refractivity contribution in [3.63, 3.8) is 0 Å². The standard InChI is InChI=1S/C10H13NO2S/c1-7-4-5-8(14-3)6-9(7)10(12)11-13-2/h4-6H,1-3H3,(H,11,12). The second-order valence-corrected chi connectivity index (χ2v) is 3.70. The van der Waals surface area contributed by atoms with Crippen LogP contribution in [0.5, 0.6) is 0 Å². The molecule has 0 heterocycles. The summed E-state index contributed by atoms with van der Waals surface area (Å²) in [5.74, 6) is -0.207. The fraction of sp³-hybridized carbons (Fsp3) is 0.300. The van der Waals surface area contributed by atoms with E-state index in [-0.39, 0.29) is 5.91 Å². The lowest BCUT2D eigenvalue weighted by Crippen LogP contribution is -2.22. The minimum Gasteiger partial charge on any atom is -0.277 e. The van der Waals surface area contributed by atoms with Crippen molar-refractivity contribution >= 4 is 17.7 Å². The van der Waals surface area contributed by atoms with E-state index in [0.29, 0.717) is 5.56 Å². The molecule has 1 aromatic rings. The van der Waals surface area contributed by atoms with Gasteiger partial charge in [0.25, 0.3) is 5.91 Å². The van der Waals surface area contributed by atoms with Crippen molar-refractivity contribution in [3.05, 3.63) is 29.3 Å². The molecule has 0 aliphatic rings. The van der Waals surface area contributed by atoms with Crippen molar-refractivity contribution in [3.8, 4) is 0 Å². The molecule has 0 saturated heterocycles. The number of amides is 1. The average Bonchev–Trinajstić information content (AvgIpc) is 2.19. The highest BCUT2D eigenvalue weighted by molar-refractivity contribution is 7.98. The number of rotatable bonds is 3. The molecule has 0 bridgehead atoms. The molecular weight excluding hydrogens is 198 g/mol. The maximum atomic E-state index is 11.5. The van der Waals surface area contributed by atoms with Gasteiger partial charge in [-0.05, 0) is 30.9 Å². The number of benzene rings is 1. The number of hydrogen-bond acceptors (Lipinski definition) is 3. The maximum Gasteiger partial charge on any atom is 0.275 e. The fourth-order valence-electron chi connectivity index (χ4n) is 1.12. The average molecular weight is 211 g/mol. The molecule has 0 aliphatic carbocycles. The van der Waals surface area contributed by atoms with Crippen molar-refractivity contribution in [1.82, 2.24) is 5.48 Å². The smallest absolute Gasteiger partial charge is 0.275 e. The topological polar surface area (TPSA) is 38.3 Å². The normalized spacial score (nSPS) is 9.93. The zero-order valence-electron chi connectivity index (χ0n) is 8.46. The number of aryl methyl sites for hydroxylation is 1. The minimum absolute atomic E-state index is 0.207. The van der Waals surface area contributed by atoms with Gasteiger partial charge in [-0.3, -0.25) is 9.63 Å². The van der Waals surface area contributed by atoms with Crippen LogP contribution in [0.3, 0.4) is 0 Å². The lowest BCUT2D eigenvalue weighted by molar-refractivity contribution is 0.0537. The van der Waals surface area contributed by atoms with Gasteiger partial charge in [-0.2, -0.15) is 0 Å². The van der Waals surface area contributed by atoms with Crippen LogP contribution in [0.4, 0.5) is 0 Å². The number of thioether (sulfide) groups is 1. The molecule has 3 nitrogen and oxygen atoms in total. The third-order valence-electron chi connectivity index (χ3n) is 1.88. The van der Waals surface area contributed by atoms with E-state index in [4.69, 9.17) is 0 Å². The second-order valence-electron chi connectivity index (χ2n) is 2.82. The van der Waals surface area contributed by atoms with Gasteiger partial charge in [-0.15, -0.1) is 11.8 Å². The van der Waals surface area contributed by atoms with Gasteiger partial charge in [0.05, 0.1) is 7.11 Å². The molecule has 1 N–H and O–H groups in total. The van der Waals surface area contributed by atoms with Gasteiger partial charge < -0.3 is 0 Å². The van der Waals surface area contributed by atoms with E-state index in [1.54, 1.807) is 11.8 Å². The molecule has 0 spiro atoms. The van der Waals surface area contributed by atoms with Crippen LogP contribution < -0.4 is 5.48 Å². The van der Waals surface area contributed by atoms with Crippen LogP contribution in [0.25, 0.3) is 0 Å². The molecule has 0 radical (unpaired) electrons. The summed E-state index contributed by atoms with van der Waals surface area (Å²) in [7, 11) is 1.42. The predicted octanol–water partition coefficient (Wildman–Crippen LogP) is 2.01. The Balaban J connectivity index is 2.99. The number of hydrogen-bond donors (Lipinski definition) is 1. The summed E-state index contributed by atoms with van der Waals surface area (Å²) in [6, 6.07) is 5.77. The summed E-state index contributed by atoms with van der Waals surface area (Å²) < 4.78 is 0. The van der Waals surface area contributed by atoms with Crippen molar-refractivity contribution in [2.45, 2.75) is 11.8 Å². The molecule has 14 heavy (non-hydrogen) atoms. The summed E-state index contributed by atoms with van der Waals surface area (Å²) in [5, 5.41) is 0. The third-order valence-corrected chi connectivity index (χ3v) is 2.61. The van der Waals surface area contributed by atoms with E-state index >= 15 is 0 Å². The molecular formula is C10H13NO2S. The first-order valence-electron chi connectivity index (χ1n) is 4.17. The SMILES string of the molecule is CONC(=O)c1cc(SC)ccc1C. The van der Waals surface area contributed by atoms with Gasteiger partial charge >= 0.3 is 0 Å². The Hall–Kier alpha value is -1.00. The largest absolute Gasteiger partial charge is 0.277 e.